The molecule has 0 aliphatic carbocycles. The van der Waals surface area contributed by atoms with E-state index in [9.17, 15) is 19.0 Å². The van der Waals surface area contributed by atoms with Gasteiger partial charge in [-0.3, -0.25) is 0 Å². The molecule has 0 aromatic carbocycles. The van der Waals surface area contributed by atoms with Crippen LogP contribution in [0.4, 0.5) is 8.78 Å². The number of nitrogens with one attached hydrogen (secondary N) is 1. The van der Waals surface area contributed by atoms with Crippen LogP contribution in [-0.2, 0) is 0 Å². The van der Waals surface area contributed by atoms with E-state index < -0.39 is 18.1 Å². The maximum atomic E-state index is 12.2. The highest BCUT2D eigenvalue weighted by molar-refractivity contribution is 4.80. The highest BCUT2D eigenvalue weighted by atomic mass is 19.3. The Kier molecular flexibility index (Phi) is 5.48. The number of aliphatic hydroxyl groups is 2. The van der Waals surface area contributed by atoms with E-state index >= 15 is 0 Å². The van der Waals surface area contributed by atoms with E-state index in [1.54, 1.807) is 0 Å². The molecule has 0 saturated carbocycles. The van der Waals surface area contributed by atoms with Crippen LogP contribution in [0.25, 0.3) is 0 Å². The number of hydrogen-bond acceptors (Lipinski definition) is 3. The summed E-state index contributed by atoms with van der Waals surface area (Å²) in [7, 11) is 0. The molecule has 0 fully saturated rings. The highest BCUT2D eigenvalue weighted by Gasteiger charge is 2.34. The second-order valence-corrected chi connectivity index (χ2v) is 4.08. The summed E-state index contributed by atoms with van der Waals surface area (Å²) in [5.74, 6) is 0. The van der Waals surface area contributed by atoms with Gasteiger partial charge >= 0.3 is 0 Å². The predicted octanol–water partition coefficient (Wildman–Crippen LogP) is 0.751. The fraction of sp³-hybridized carbons (Fsp3) is 1.00. The monoisotopic (exact) mass is 211 g/mol. The van der Waals surface area contributed by atoms with Gasteiger partial charge in [-0.25, -0.2) is 8.78 Å². The Morgan fingerprint density at radius 1 is 1.36 bits per heavy atom. The molecule has 0 amide bonds. The van der Waals surface area contributed by atoms with Gasteiger partial charge < -0.3 is 15.5 Å². The third kappa shape index (κ3) is 5.47. The van der Waals surface area contributed by atoms with E-state index in [-0.39, 0.29) is 19.0 Å². The van der Waals surface area contributed by atoms with Crippen LogP contribution in [0.15, 0.2) is 0 Å². The number of aliphatic hydroxyl groups excluding tert-OH is 1. The minimum Gasteiger partial charge on any atom is -0.392 e. The fourth-order valence-corrected chi connectivity index (χ4v) is 1.01. The van der Waals surface area contributed by atoms with E-state index in [2.05, 4.69) is 5.32 Å². The highest BCUT2D eigenvalue weighted by Crippen LogP contribution is 2.20. The summed E-state index contributed by atoms with van der Waals surface area (Å²) in [5.41, 5.74) is -2.11. The van der Waals surface area contributed by atoms with Crippen molar-refractivity contribution in [2.45, 2.75) is 51.4 Å². The summed E-state index contributed by atoms with van der Waals surface area (Å²) in [6.45, 7) is 5.01. The van der Waals surface area contributed by atoms with Crippen LogP contribution in [0.1, 0.15) is 27.2 Å². The molecule has 0 bridgehead atoms. The molecule has 5 heteroatoms. The van der Waals surface area contributed by atoms with E-state index in [1.165, 1.54) is 0 Å². The van der Waals surface area contributed by atoms with Gasteiger partial charge in [-0.2, -0.15) is 0 Å². The van der Waals surface area contributed by atoms with Crippen LogP contribution >= 0.6 is 0 Å². The molecule has 0 heterocycles. The van der Waals surface area contributed by atoms with Crippen molar-refractivity contribution in [3.05, 3.63) is 0 Å². The number of halogens is 2. The van der Waals surface area contributed by atoms with Gasteiger partial charge in [0.2, 0.25) is 0 Å². The topological polar surface area (TPSA) is 52.5 Å². The van der Waals surface area contributed by atoms with Gasteiger partial charge in [-0.1, -0.05) is 13.8 Å². The number of rotatable bonds is 6. The summed E-state index contributed by atoms with van der Waals surface area (Å²) >= 11 is 0. The molecule has 0 aliphatic heterocycles. The van der Waals surface area contributed by atoms with Crippen molar-refractivity contribution in [1.29, 1.82) is 0 Å². The summed E-state index contributed by atoms with van der Waals surface area (Å²) in [6.07, 6.45) is -4.12. The van der Waals surface area contributed by atoms with Crippen molar-refractivity contribution in [3.63, 3.8) is 0 Å². The summed E-state index contributed by atoms with van der Waals surface area (Å²) in [6, 6.07) is 0.182. The number of hydrogen-bond donors (Lipinski definition) is 3. The maximum absolute atomic E-state index is 12.2. The Labute approximate surface area is 83.1 Å². The van der Waals surface area contributed by atoms with Gasteiger partial charge in [0.15, 0.2) is 0 Å². The van der Waals surface area contributed by atoms with Crippen molar-refractivity contribution < 1.29 is 19.0 Å². The van der Waals surface area contributed by atoms with Gasteiger partial charge in [0.05, 0.1) is 6.10 Å². The smallest absolute Gasteiger partial charge is 0.266 e. The molecule has 0 rings (SSSR count). The van der Waals surface area contributed by atoms with Crippen LogP contribution in [0.3, 0.4) is 0 Å². The molecule has 2 unspecified atom stereocenters. The third-order valence-corrected chi connectivity index (χ3v) is 1.88. The van der Waals surface area contributed by atoms with Crippen LogP contribution < -0.4 is 5.32 Å². The molecule has 0 aromatic rings. The molecule has 0 spiro atoms. The lowest BCUT2D eigenvalue weighted by Crippen LogP contribution is -2.41. The minimum atomic E-state index is -2.84. The zero-order valence-electron chi connectivity index (χ0n) is 8.80. The molecule has 86 valence electrons. The van der Waals surface area contributed by atoms with Crippen LogP contribution in [0, 0.1) is 0 Å². The number of alkyl halides is 2. The molecule has 2 atom stereocenters. The Morgan fingerprint density at radius 2 is 1.86 bits per heavy atom. The second-order valence-electron chi connectivity index (χ2n) is 4.08. The lowest BCUT2D eigenvalue weighted by molar-refractivity contribution is -0.105. The Bertz CT molecular complexity index is 163. The first-order chi connectivity index (χ1) is 6.25. The van der Waals surface area contributed by atoms with Crippen molar-refractivity contribution in [1.82, 2.24) is 5.32 Å². The largest absolute Gasteiger partial charge is 0.392 e. The SMILES string of the molecule is CC(C)NCC(O)CC(C)(O)C(F)F. The molecule has 3 nitrogen and oxygen atoms in total. The molecule has 3 N–H and O–H groups in total. The van der Waals surface area contributed by atoms with Gasteiger partial charge in [0.1, 0.15) is 5.60 Å². The zero-order valence-corrected chi connectivity index (χ0v) is 8.80. The van der Waals surface area contributed by atoms with E-state index in [4.69, 9.17) is 0 Å². The molecular formula is C9H19F2NO2. The van der Waals surface area contributed by atoms with Crippen molar-refractivity contribution >= 4 is 0 Å². The third-order valence-electron chi connectivity index (χ3n) is 1.88. The molecule has 0 aliphatic rings. The maximum Gasteiger partial charge on any atom is 0.266 e. The van der Waals surface area contributed by atoms with Crippen LogP contribution in [0.2, 0.25) is 0 Å². The first-order valence-corrected chi connectivity index (χ1v) is 4.67. The predicted molar refractivity (Wildman–Crippen MR) is 50.4 cm³/mol. The normalized spacial score (nSPS) is 18.6. The molecule has 0 saturated heterocycles. The Hall–Kier alpha value is -0.260. The Morgan fingerprint density at radius 3 is 2.21 bits per heavy atom. The Balaban J connectivity index is 3.87. The van der Waals surface area contributed by atoms with Crippen LogP contribution in [0.5, 0.6) is 0 Å². The lowest BCUT2D eigenvalue weighted by Gasteiger charge is -2.25. The summed E-state index contributed by atoms with van der Waals surface area (Å²) in [5, 5.41) is 21.4. The summed E-state index contributed by atoms with van der Waals surface area (Å²) < 4.78 is 24.4. The standard InChI is InChI=1S/C9H19F2NO2/c1-6(2)12-5-7(13)4-9(3,14)8(10)11/h6-8,12-14H,4-5H2,1-3H3. The van der Waals surface area contributed by atoms with Gasteiger partial charge in [-0.15, -0.1) is 0 Å². The molecule has 0 radical (unpaired) electrons. The lowest BCUT2D eigenvalue weighted by atomic mass is 9.99. The second kappa shape index (κ2) is 5.58. The van der Waals surface area contributed by atoms with Crippen molar-refractivity contribution in [2.24, 2.45) is 0 Å². The van der Waals surface area contributed by atoms with E-state index in [1.807, 2.05) is 13.8 Å². The first kappa shape index (κ1) is 13.7. The summed E-state index contributed by atoms with van der Waals surface area (Å²) in [4.78, 5) is 0. The van der Waals surface area contributed by atoms with Crippen molar-refractivity contribution in [2.75, 3.05) is 6.54 Å². The van der Waals surface area contributed by atoms with Crippen molar-refractivity contribution in [3.8, 4) is 0 Å². The minimum absolute atomic E-state index is 0.182. The quantitative estimate of drug-likeness (QED) is 0.607. The molecular weight excluding hydrogens is 192 g/mol. The average Bonchev–Trinajstić information content (AvgIpc) is 1.99. The van der Waals surface area contributed by atoms with Crippen LogP contribution in [-0.4, -0.2) is 40.9 Å². The first-order valence-electron chi connectivity index (χ1n) is 4.67. The van der Waals surface area contributed by atoms with Gasteiger partial charge in [-0.05, 0) is 6.92 Å². The molecule has 14 heavy (non-hydrogen) atoms. The zero-order chi connectivity index (χ0) is 11.4. The average molecular weight is 211 g/mol. The van der Waals surface area contributed by atoms with E-state index in [0.717, 1.165) is 6.92 Å². The van der Waals surface area contributed by atoms with Gasteiger partial charge in [0.25, 0.3) is 6.43 Å². The van der Waals surface area contributed by atoms with Gasteiger partial charge in [0, 0.05) is 19.0 Å². The fourth-order valence-electron chi connectivity index (χ4n) is 1.01. The van der Waals surface area contributed by atoms with E-state index in [0.29, 0.717) is 0 Å². The molecule has 0 aromatic heterocycles.